The van der Waals surface area contributed by atoms with Gasteiger partial charge in [-0.3, -0.25) is 14.6 Å². The standard InChI is InChI=1S/C18H27F2N3O2/c1-13(2)12-18(19,20)17(25)23(5)10-9-22(4)16(24)11-15-14(3)7-6-8-21-15/h6-8,13H,9-12H2,1-5H3. The molecule has 0 fully saturated rings. The van der Waals surface area contributed by atoms with Gasteiger partial charge in [0.2, 0.25) is 5.91 Å². The molecule has 0 radical (unpaired) electrons. The monoisotopic (exact) mass is 355 g/mol. The Morgan fingerprint density at radius 1 is 1.20 bits per heavy atom. The van der Waals surface area contributed by atoms with E-state index in [0.717, 1.165) is 10.5 Å². The van der Waals surface area contributed by atoms with Gasteiger partial charge < -0.3 is 9.80 Å². The lowest BCUT2D eigenvalue weighted by atomic mass is 10.0. The van der Waals surface area contributed by atoms with Gasteiger partial charge in [-0.1, -0.05) is 19.9 Å². The average Bonchev–Trinajstić information content (AvgIpc) is 2.52. The molecule has 0 bridgehead atoms. The Kier molecular flexibility index (Phi) is 7.45. The third-order valence-corrected chi connectivity index (χ3v) is 3.96. The molecule has 0 N–H and O–H groups in total. The van der Waals surface area contributed by atoms with Gasteiger partial charge in [0.05, 0.1) is 12.1 Å². The molecule has 7 heteroatoms. The maximum atomic E-state index is 13.9. The Morgan fingerprint density at radius 2 is 1.80 bits per heavy atom. The number of hydrogen-bond acceptors (Lipinski definition) is 3. The van der Waals surface area contributed by atoms with Crippen LogP contribution >= 0.6 is 0 Å². The van der Waals surface area contributed by atoms with Gasteiger partial charge in [0, 0.05) is 39.8 Å². The van der Waals surface area contributed by atoms with Gasteiger partial charge in [-0.15, -0.1) is 0 Å². The molecule has 0 aliphatic heterocycles. The highest BCUT2D eigenvalue weighted by molar-refractivity contribution is 5.83. The number of rotatable bonds is 8. The molecule has 0 aliphatic carbocycles. The van der Waals surface area contributed by atoms with Crippen LogP contribution in [0.1, 0.15) is 31.5 Å². The Bertz CT molecular complexity index is 606. The number of amides is 2. The number of likely N-dealkylation sites (N-methyl/N-ethyl adjacent to an activating group) is 2. The van der Waals surface area contributed by atoms with Crippen molar-refractivity contribution in [2.45, 2.75) is 39.5 Å². The van der Waals surface area contributed by atoms with Crippen molar-refractivity contribution < 1.29 is 18.4 Å². The largest absolute Gasteiger partial charge is 0.344 e. The Labute approximate surface area is 148 Å². The average molecular weight is 355 g/mol. The van der Waals surface area contributed by atoms with Crippen molar-refractivity contribution >= 4 is 11.8 Å². The first kappa shape index (κ1) is 21.0. The summed E-state index contributed by atoms with van der Waals surface area (Å²) in [5, 5.41) is 0. The highest BCUT2D eigenvalue weighted by Gasteiger charge is 2.41. The summed E-state index contributed by atoms with van der Waals surface area (Å²) in [5.74, 6) is -5.03. The lowest BCUT2D eigenvalue weighted by molar-refractivity contribution is -0.158. The molecule has 0 spiro atoms. The van der Waals surface area contributed by atoms with Crippen molar-refractivity contribution in [3.63, 3.8) is 0 Å². The molecule has 2 amide bonds. The lowest BCUT2D eigenvalue weighted by Crippen LogP contribution is -2.45. The van der Waals surface area contributed by atoms with E-state index in [1.165, 1.54) is 11.9 Å². The molecule has 1 rings (SSSR count). The van der Waals surface area contributed by atoms with Crippen LogP contribution in [0.2, 0.25) is 0 Å². The fourth-order valence-corrected chi connectivity index (χ4v) is 2.39. The number of pyridine rings is 1. The summed E-state index contributed by atoms with van der Waals surface area (Å²) in [4.78, 5) is 30.7. The molecule has 0 saturated carbocycles. The van der Waals surface area contributed by atoms with Gasteiger partial charge in [0.1, 0.15) is 0 Å². The molecular weight excluding hydrogens is 328 g/mol. The Balaban J connectivity index is 2.54. The van der Waals surface area contributed by atoms with Crippen molar-refractivity contribution in [1.82, 2.24) is 14.8 Å². The topological polar surface area (TPSA) is 53.5 Å². The van der Waals surface area contributed by atoms with Crippen LogP contribution in [0.25, 0.3) is 0 Å². The van der Waals surface area contributed by atoms with Crippen molar-refractivity contribution in [2.24, 2.45) is 5.92 Å². The zero-order valence-corrected chi connectivity index (χ0v) is 15.6. The van der Waals surface area contributed by atoms with Crippen molar-refractivity contribution in [3.8, 4) is 0 Å². The van der Waals surface area contributed by atoms with E-state index in [1.54, 1.807) is 33.2 Å². The van der Waals surface area contributed by atoms with Gasteiger partial charge in [0.15, 0.2) is 0 Å². The summed E-state index contributed by atoms with van der Waals surface area (Å²) in [6, 6.07) is 3.67. The molecule has 0 atom stereocenters. The van der Waals surface area contributed by atoms with Crippen LogP contribution in [-0.4, -0.2) is 59.7 Å². The zero-order chi connectivity index (χ0) is 19.2. The number of carbonyl (C=O) groups excluding carboxylic acids is 2. The quantitative estimate of drug-likeness (QED) is 0.720. The first-order chi connectivity index (χ1) is 11.5. The van der Waals surface area contributed by atoms with Crippen molar-refractivity contribution in [3.05, 3.63) is 29.6 Å². The first-order valence-electron chi connectivity index (χ1n) is 8.32. The second-order valence-electron chi connectivity index (χ2n) is 6.79. The molecule has 0 aromatic carbocycles. The molecule has 0 unspecified atom stereocenters. The van der Waals surface area contributed by atoms with E-state index in [1.807, 2.05) is 13.0 Å². The van der Waals surface area contributed by atoms with Crippen molar-refractivity contribution in [2.75, 3.05) is 27.2 Å². The third kappa shape index (κ3) is 6.40. The van der Waals surface area contributed by atoms with Crippen LogP contribution in [0.3, 0.4) is 0 Å². The van der Waals surface area contributed by atoms with Gasteiger partial charge in [-0.05, 0) is 24.5 Å². The van der Waals surface area contributed by atoms with E-state index in [4.69, 9.17) is 0 Å². The first-order valence-corrected chi connectivity index (χ1v) is 8.32. The minimum Gasteiger partial charge on any atom is -0.344 e. The SMILES string of the molecule is Cc1cccnc1CC(=O)N(C)CCN(C)C(=O)C(F)(F)CC(C)C. The fraction of sp³-hybridized carbons (Fsp3) is 0.611. The molecule has 5 nitrogen and oxygen atoms in total. The fourth-order valence-electron chi connectivity index (χ4n) is 2.39. The van der Waals surface area contributed by atoms with E-state index in [2.05, 4.69) is 4.98 Å². The predicted octanol–water partition coefficient (Wildman–Crippen LogP) is 2.53. The van der Waals surface area contributed by atoms with E-state index < -0.39 is 18.3 Å². The number of aromatic nitrogens is 1. The molecule has 25 heavy (non-hydrogen) atoms. The molecule has 0 aliphatic rings. The number of aryl methyl sites for hydroxylation is 1. The second-order valence-corrected chi connectivity index (χ2v) is 6.79. The Morgan fingerprint density at radius 3 is 2.36 bits per heavy atom. The summed E-state index contributed by atoms with van der Waals surface area (Å²) < 4.78 is 27.7. The summed E-state index contributed by atoms with van der Waals surface area (Å²) >= 11 is 0. The smallest absolute Gasteiger partial charge is 0.325 e. The summed E-state index contributed by atoms with van der Waals surface area (Å²) in [6.45, 7) is 5.40. The van der Waals surface area contributed by atoms with E-state index in [-0.39, 0.29) is 31.3 Å². The van der Waals surface area contributed by atoms with E-state index in [0.29, 0.717) is 5.69 Å². The molecule has 140 valence electrons. The Hall–Kier alpha value is -2.05. The normalized spacial score (nSPS) is 11.5. The van der Waals surface area contributed by atoms with Gasteiger partial charge >= 0.3 is 5.92 Å². The highest BCUT2D eigenvalue weighted by Crippen LogP contribution is 2.25. The minimum absolute atomic E-state index is 0.0515. The third-order valence-electron chi connectivity index (χ3n) is 3.96. The summed E-state index contributed by atoms with van der Waals surface area (Å²) in [7, 11) is 2.92. The maximum absolute atomic E-state index is 13.9. The van der Waals surface area contributed by atoms with Crippen LogP contribution in [0.4, 0.5) is 8.78 Å². The van der Waals surface area contributed by atoms with E-state index >= 15 is 0 Å². The van der Waals surface area contributed by atoms with Crippen LogP contribution in [0.5, 0.6) is 0 Å². The van der Waals surface area contributed by atoms with Crippen LogP contribution < -0.4 is 0 Å². The lowest BCUT2D eigenvalue weighted by Gasteiger charge is -2.26. The van der Waals surface area contributed by atoms with Crippen molar-refractivity contribution in [1.29, 1.82) is 0 Å². The molecule has 1 heterocycles. The minimum atomic E-state index is -3.38. The van der Waals surface area contributed by atoms with Gasteiger partial charge in [-0.25, -0.2) is 0 Å². The van der Waals surface area contributed by atoms with Crippen LogP contribution in [-0.2, 0) is 16.0 Å². The van der Waals surface area contributed by atoms with Gasteiger partial charge in [-0.2, -0.15) is 8.78 Å². The molecular formula is C18H27F2N3O2. The number of carbonyl (C=O) groups is 2. The predicted molar refractivity (Wildman–Crippen MR) is 92.4 cm³/mol. The second kappa shape index (κ2) is 8.87. The highest BCUT2D eigenvalue weighted by atomic mass is 19.3. The number of hydrogen-bond donors (Lipinski definition) is 0. The molecule has 1 aromatic rings. The summed E-state index contributed by atoms with van der Waals surface area (Å²) in [5.41, 5.74) is 1.61. The zero-order valence-electron chi connectivity index (χ0n) is 15.6. The number of alkyl halides is 2. The van der Waals surface area contributed by atoms with Crippen LogP contribution in [0, 0.1) is 12.8 Å². The molecule has 1 aromatic heterocycles. The number of nitrogens with zero attached hydrogens (tertiary/aromatic N) is 3. The van der Waals surface area contributed by atoms with E-state index in [9.17, 15) is 18.4 Å². The summed E-state index contributed by atoms with van der Waals surface area (Å²) in [6.07, 6.45) is 1.28. The molecule has 0 saturated heterocycles. The number of halogens is 2. The van der Waals surface area contributed by atoms with Gasteiger partial charge in [0.25, 0.3) is 5.91 Å². The maximum Gasteiger partial charge on any atom is 0.325 e. The van der Waals surface area contributed by atoms with Crippen LogP contribution in [0.15, 0.2) is 18.3 Å².